The highest BCUT2D eigenvalue weighted by Crippen LogP contribution is 2.26. The van der Waals surface area contributed by atoms with Crippen molar-refractivity contribution < 1.29 is 9.47 Å². The molecule has 0 aliphatic carbocycles. The fourth-order valence-corrected chi connectivity index (χ4v) is 2.56. The summed E-state index contributed by atoms with van der Waals surface area (Å²) in [5.41, 5.74) is 2.69. The highest BCUT2D eigenvalue weighted by molar-refractivity contribution is 5.50. The number of methoxy groups -OCH3 is 2. The first kappa shape index (κ1) is 17.2. The van der Waals surface area contributed by atoms with Gasteiger partial charge in [-0.05, 0) is 47.4 Å². The first-order chi connectivity index (χ1) is 10.9. The molecule has 0 N–H and O–H groups in total. The highest BCUT2D eigenvalue weighted by Gasteiger charge is 2.17. The molecule has 0 heterocycles. The van der Waals surface area contributed by atoms with Crippen LogP contribution in [-0.2, 0) is 6.54 Å². The molecule has 0 saturated heterocycles. The lowest BCUT2D eigenvalue weighted by Crippen LogP contribution is -2.32. The van der Waals surface area contributed by atoms with Crippen LogP contribution in [0.4, 0.5) is 5.69 Å². The van der Waals surface area contributed by atoms with Crippen LogP contribution in [0.1, 0.15) is 26.3 Å². The van der Waals surface area contributed by atoms with E-state index in [-0.39, 0.29) is 5.41 Å². The van der Waals surface area contributed by atoms with Gasteiger partial charge in [-0.2, -0.15) is 0 Å². The Hall–Kier alpha value is -2.16. The quantitative estimate of drug-likeness (QED) is 0.767. The minimum absolute atomic E-state index is 0.215. The number of hydrogen-bond donors (Lipinski definition) is 0. The number of hydrogen-bond acceptors (Lipinski definition) is 3. The summed E-state index contributed by atoms with van der Waals surface area (Å²) in [4.78, 5) is 2.40. The van der Waals surface area contributed by atoms with E-state index in [0.717, 1.165) is 24.6 Å². The largest absolute Gasteiger partial charge is 0.497 e. The summed E-state index contributed by atoms with van der Waals surface area (Å²) < 4.78 is 10.5. The number of anilines is 1. The Kier molecular flexibility index (Phi) is 5.54. The van der Waals surface area contributed by atoms with Crippen molar-refractivity contribution in [3.63, 3.8) is 0 Å². The van der Waals surface area contributed by atoms with Crippen molar-refractivity contribution in [1.29, 1.82) is 0 Å². The predicted octanol–water partition coefficient (Wildman–Crippen LogP) is 4.76. The number of ether oxygens (including phenoxy) is 2. The van der Waals surface area contributed by atoms with Gasteiger partial charge in [0.2, 0.25) is 0 Å². The van der Waals surface area contributed by atoms with Crippen LogP contribution in [-0.4, -0.2) is 20.8 Å². The lowest BCUT2D eigenvalue weighted by molar-refractivity contribution is 0.407. The molecule has 2 aromatic rings. The zero-order valence-corrected chi connectivity index (χ0v) is 14.8. The Morgan fingerprint density at radius 2 is 1.26 bits per heavy atom. The van der Waals surface area contributed by atoms with Gasteiger partial charge in [0.15, 0.2) is 0 Å². The molecule has 0 spiro atoms. The Morgan fingerprint density at radius 3 is 1.70 bits per heavy atom. The average Bonchev–Trinajstić information content (AvgIpc) is 2.54. The average molecular weight is 313 g/mol. The topological polar surface area (TPSA) is 21.7 Å². The van der Waals surface area contributed by atoms with E-state index in [4.69, 9.17) is 9.47 Å². The number of benzene rings is 2. The van der Waals surface area contributed by atoms with Crippen molar-refractivity contribution in [2.24, 2.45) is 5.41 Å². The second-order valence-corrected chi connectivity index (χ2v) is 6.96. The molecule has 2 rings (SSSR count). The lowest BCUT2D eigenvalue weighted by Gasteiger charge is -2.32. The highest BCUT2D eigenvalue weighted by atomic mass is 16.5. The molecule has 0 radical (unpaired) electrons. The van der Waals surface area contributed by atoms with Gasteiger partial charge in [0.25, 0.3) is 0 Å². The fraction of sp³-hybridized carbons (Fsp3) is 0.400. The van der Waals surface area contributed by atoms with Crippen LogP contribution in [0.5, 0.6) is 11.5 Å². The van der Waals surface area contributed by atoms with E-state index in [2.05, 4.69) is 49.9 Å². The molecule has 0 bridgehead atoms. The van der Waals surface area contributed by atoms with E-state index >= 15 is 0 Å². The minimum atomic E-state index is 0.215. The number of rotatable bonds is 6. The minimum Gasteiger partial charge on any atom is -0.497 e. The van der Waals surface area contributed by atoms with Crippen LogP contribution >= 0.6 is 0 Å². The third-order valence-electron chi connectivity index (χ3n) is 3.64. The Bertz CT molecular complexity index is 597. The Balaban J connectivity index is 2.21. The molecule has 0 atom stereocenters. The van der Waals surface area contributed by atoms with Crippen LogP contribution in [0.15, 0.2) is 48.5 Å². The summed E-state index contributed by atoms with van der Waals surface area (Å²) in [7, 11) is 3.39. The maximum Gasteiger partial charge on any atom is 0.119 e. The van der Waals surface area contributed by atoms with Crippen molar-refractivity contribution in [1.82, 2.24) is 0 Å². The second kappa shape index (κ2) is 7.40. The SMILES string of the molecule is COc1ccc(CN(CC(C)(C)C)c2ccc(OC)cc2)cc1. The number of nitrogens with zero attached hydrogens (tertiary/aromatic N) is 1. The molecule has 0 aromatic heterocycles. The summed E-state index contributed by atoms with van der Waals surface area (Å²) in [5.74, 6) is 1.77. The molecule has 0 amide bonds. The summed E-state index contributed by atoms with van der Waals surface area (Å²) >= 11 is 0. The van der Waals surface area contributed by atoms with Crippen LogP contribution in [0.25, 0.3) is 0 Å². The van der Waals surface area contributed by atoms with E-state index in [1.54, 1.807) is 14.2 Å². The van der Waals surface area contributed by atoms with Gasteiger partial charge in [0.1, 0.15) is 11.5 Å². The van der Waals surface area contributed by atoms with Gasteiger partial charge in [-0.3, -0.25) is 0 Å². The van der Waals surface area contributed by atoms with Gasteiger partial charge in [0.05, 0.1) is 14.2 Å². The third-order valence-corrected chi connectivity index (χ3v) is 3.64. The van der Waals surface area contributed by atoms with Gasteiger partial charge in [-0.15, -0.1) is 0 Å². The van der Waals surface area contributed by atoms with Gasteiger partial charge in [-0.1, -0.05) is 32.9 Å². The van der Waals surface area contributed by atoms with E-state index in [9.17, 15) is 0 Å². The molecule has 3 nitrogen and oxygen atoms in total. The van der Waals surface area contributed by atoms with Gasteiger partial charge < -0.3 is 14.4 Å². The second-order valence-electron chi connectivity index (χ2n) is 6.96. The van der Waals surface area contributed by atoms with Crippen molar-refractivity contribution in [3.05, 3.63) is 54.1 Å². The van der Waals surface area contributed by atoms with Gasteiger partial charge in [-0.25, -0.2) is 0 Å². The fourth-order valence-electron chi connectivity index (χ4n) is 2.56. The first-order valence-corrected chi connectivity index (χ1v) is 7.93. The summed E-state index contributed by atoms with van der Waals surface area (Å²) in [5, 5.41) is 0. The Labute approximate surface area is 139 Å². The summed E-state index contributed by atoms with van der Waals surface area (Å²) in [6.45, 7) is 8.63. The molecule has 0 aliphatic heterocycles. The van der Waals surface area contributed by atoms with Crippen LogP contribution in [0, 0.1) is 5.41 Å². The lowest BCUT2D eigenvalue weighted by atomic mass is 9.95. The zero-order valence-electron chi connectivity index (χ0n) is 14.8. The summed E-state index contributed by atoms with van der Waals surface area (Å²) in [6.07, 6.45) is 0. The molecule has 0 fully saturated rings. The first-order valence-electron chi connectivity index (χ1n) is 7.93. The van der Waals surface area contributed by atoms with Crippen molar-refractivity contribution in [3.8, 4) is 11.5 Å². The van der Waals surface area contributed by atoms with Crippen LogP contribution in [0.2, 0.25) is 0 Å². The van der Waals surface area contributed by atoms with Crippen molar-refractivity contribution >= 4 is 5.69 Å². The molecular formula is C20H27NO2. The molecular weight excluding hydrogens is 286 g/mol. The zero-order chi connectivity index (χ0) is 16.9. The van der Waals surface area contributed by atoms with Gasteiger partial charge >= 0.3 is 0 Å². The molecule has 2 aromatic carbocycles. The normalized spacial score (nSPS) is 11.2. The van der Waals surface area contributed by atoms with Crippen molar-refractivity contribution in [2.75, 3.05) is 25.7 Å². The standard InChI is InChI=1S/C20H27NO2/c1-20(2,3)15-21(17-8-12-19(23-5)13-9-17)14-16-6-10-18(22-4)11-7-16/h6-13H,14-15H2,1-5H3. The molecule has 3 heteroatoms. The van der Waals surface area contributed by atoms with Crippen molar-refractivity contribution in [2.45, 2.75) is 27.3 Å². The molecule has 0 aliphatic rings. The van der Waals surface area contributed by atoms with E-state index in [1.807, 2.05) is 24.3 Å². The van der Waals surface area contributed by atoms with Gasteiger partial charge in [0, 0.05) is 18.8 Å². The molecule has 0 saturated carbocycles. The monoisotopic (exact) mass is 313 g/mol. The smallest absolute Gasteiger partial charge is 0.119 e. The van der Waals surface area contributed by atoms with Crippen LogP contribution < -0.4 is 14.4 Å². The Morgan fingerprint density at radius 1 is 0.783 bits per heavy atom. The van der Waals surface area contributed by atoms with E-state index < -0.39 is 0 Å². The molecule has 124 valence electrons. The summed E-state index contributed by atoms with van der Waals surface area (Å²) in [6, 6.07) is 16.5. The van der Waals surface area contributed by atoms with E-state index in [0.29, 0.717) is 0 Å². The molecule has 23 heavy (non-hydrogen) atoms. The third kappa shape index (κ3) is 5.20. The van der Waals surface area contributed by atoms with Crippen LogP contribution in [0.3, 0.4) is 0 Å². The van der Waals surface area contributed by atoms with E-state index in [1.165, 1.54) is 11.3 Å². The maximum absolute atomic E-state index is 5.26. The predicted molar refractivity (Wildman–Crippen MR) is 96.5 cm³/mol. The maximum atomic E-state index is 5.26. The molecule has 0 unspecified atom stereocenters.